The molecule has 1 saturated heterocycles. The number of anilines is 1. The summed E-state index contributed by atoms with van der Waals surface area (Å²) in [5.74, 6) is -0.592. The second-order valence-electron chi connectivity index (χ2n) is 6.36. The number of carbonyl (C=O) groups is 1. The van der Waals surface area contributed by atoms with Gasteiger partial charge < -0.3 is 21.5 Å². The van der Waals surface area contributed by atoms with Gasteiger partial charge in [0.25, 0.3) is 5.91 Å². The Morgan fingerprint density at radius 2 is 2.26 bits per heavy atom. The van der Waals surface area contributed by atoms with E-state index in [9.17, 15) is 4.79 Å². The zero-order valence-corrected chi connectivity index (χ0v) is 15.9. The van der Waals surface area contributed by atoms with Crippen LogP contribution >= 0.6 is 22.9 Å². The van der Waals surface area contributed by atoms with Crippen LogP contribution in [-0.2, 0) is 0 Å². The maximum Gasteiger partial charge on any atom is 0.318 e. The molecule has 1 aliphatic heterocycles. The summed E-state index contributed by atoms with van der Waals surface area (Å²) in [6.45, 7) is 1.47. The number of fused-ring (bicyclic) bond motifs is 1. The third kappa shape index (κ3) is 3.55. The number of nitrogens with one attached hydrogen (secondary N) is 1. The van der Waals surface area contributed by atoms with Crippen molar-refractivity contribution in [2.45, 2.75) is 18.9 Å². The second kappa shape index (κ2) is 7.30. The first-order valence-corrected chi connectivity index (χ1v) is 9.74. The molecule has 3 heterocycles. The van der Waals surface area contributed by atoms with Gasteiger partial charge in [-0.2, -0.15) is 9.97 Å². The van der Waals surface area contributed by atoms with Gasteiger partial charge in [-0.25, -0.2) is 0 Å². The van der Waals surface area contributed by atoms with Crippen LogP contribution in [0.1, 0.15) is 22.5 Å². The van der Waals surface area contributed by atoms with Crippen molar-refractivity contribution < 1.29 is 9.53 Å². The molecule has 140 valence electrons. The number of hydrogen-bond donors (Lipinski definition) is 3. The molecule has 9 heteroatoms. The third-order valence-electron chi connectivity index (χ3n) is 4.47. The molecular formula is C18H18ClN5O2S. The molecule has 0 bridgehead atoms. The van der Waals surface area contributed by atoms with Gasteiger partial charge in [-0.3, -0.25) is 4.79 Å². The fourth-order valence-electron chi connectivity index (χ4n) is 3.17. The van der Waals surface area contributed by atoms with Crippen LogP contribution in [0.25, 0.3) is 21.5 Å². The predicted molar refractivity (Wildman–Crippen MR) is 107 cm³/mol. The van der Waals surface area contributed by atoms with Crippen LogP contribution in [0.3, 0.4) is 0 Å². The van der Waals surface area contributed by atoms with Crippen LogP contribution in [0.5, 0.6) is 6.01 Å². The Kier molecular flexibility index (Phi) is 4.86. The van der Waals surface area contributed by atoms with Crippen molar-refractivity contribution in [3.05, 3.63) is 34.2 Å². The number of carbonyl (C=O) groups excluding carboxylic acids is 1. The van der Waals surface area contributed by atoms with E-state index in [1.54, 1.807) is 12.1 Å². The number of hydrogen-bond acceptors (Lipinski definition) is 7. The summed E-state index contributed by atoms with van der Waals surface area (Å²) in [5.41, 5.74) is 13.2. The molecule has 2 aromatic heterocycles. The molecule has 0 radical (unpaired) electrons. The molecule has 0 saturated carbocycles. The average Bonchev–Trinajstić information content (AvgIpc) is 3.27. The zero-order chi connectivity index (χ0) is 19.0. The standard InChI is InChI=1S/C18H18ClN5O2S/c19-10-4-1-3-9(7-10)14-12-13(20)15(16(21)25)27-17(12)24-18(23-14)26-8-11-5-2-6-22-11/h1,3-4,7,11,22H,2,5-6,8,20H2,(H2,21,25). The molecular weight excluding hydrogens is 386 g/mol. The lowest BCUT2D eigenvalue weighted by atomic mass is 10.1. The van der Waals surface area contributed by atoms with E-state index in [0.717, 1.165) is 36.3 Å². The Morgan fingerprint density at radius 3 is 2.96 bits per heavy atom. The summed E-state index contributed by atoms with van der Waals surface area (Å²) in [6.07, 6.45) is 2.19. The van der Waals surface area contributed by atoms with Gasteiger partial charge in [0.05, 0.1) is 16.8 Å². The number of nitrogens with two attached hydrogens (primary N) is 2. The lowest BCUT2D eigenvalue weighted by molar-refractivity contribution is 0.100. The second-order valence-corrected chi connectivity index (χ2v) is 7.79. The van der Waals surface area contributed by atoms with Crippen molar-refractivity contribution in [1.29, 1.82) is 0 Å². The topological polar surface area (TPSA) is 116 Å². The van der Waals surface area contributed by atoms with E-state index < -0.39 is 5.91 Å². The Labute approximate surface area is 164 Å². The van der Waals surface area contributed by atoms with E-state index in [4.69, 9.17) is 27.8 Å². The van der Waals surface area contributed by atoms with E-state index in [0.29, 0.717) is 27.5 Å². The minimum atomic E-state index is -0.592. The molecule has 1 aliphatic rings. The maximum atomic E-state index is 11.7. The average molecular weight is 404 g/mol. The number of halogens is 1. The SMILES string of the molecule is NC(=O)c1sc2nc(OCC3CCCN3)nc(-c3cccc(Cl)c3)c2c1N. The first-order chi connectivity index (χ1) is 13.0. The number of rotatable bonds is 5. The van der Waals surface area contributed by atoms with E-state index in [2.05, 4.69) is 15.3 Å². The molecule has 1 atom stereocenters. The summed E-state index contributed by atoms with van der Waals surface area (Å²) in [6, 6.07) is 7.78. The number of amides is 1. The quantitative estimate of drug-likeness (QED) is 0.603. The number of aromatic nitrogens is 2. The number of primary amides is 1. The highest BCUT2D eigenvalue weighted by Gasteiger charge is 2.22. The lowest BCUT2D eigenvalue weighted by Gasteiger charge is -2.12. The highest BCUT2D eigenvalue weighted by molar-refractivity contribution is 7.21. The van der Waals surface area contributed by atoms with Gasteiger partial charge in [-0.15, -0.1) is 11.3 Å². The predicted octanol–water partition coefficient (Wildman–Crippen LogP) is 2.82. The van der Waals surface area contributed by atoms with Crippen molar-refractivity contribution in [2.75, 3.05) is 18.9 Å². The molecule has 1 aromatic carbocycles. The summed E-state index contributed by atoms with van der Waals surface area (Å²) in [5, 5.41) is 4.53. The zero-order valence-electron chi connectivity index (χ0n) is 14.4. The van der Waals surface area contributed by atoms with Crippen LogP contribution < -0.4 is 21.5 Å². The highest BCUT2D eigenvalue weighted by Crippen LogP contribution is 2.39. The van der Waals surface area contributed by atoms with Gasteiger partial charge in [-0.05, 0) is 31.5 Å². The van der Waals surface area contributed by atoms with Gasteiger partial charge in [0.1, 0.15) is 16.3 Å². The van der Waals surface area contributed by atoms with E-state index >= 15 is 0 Å². The molecule has 4 rings (SSSR count). The Bertz CT molecular complexity index is 1020. The van der Waals surface area contributed by atoms with Crippen molar-refractivity contribution >= 4 is 44.7 Å². The van der Waals surface area contributed by atoms with Gasteiger partial charge in [0.15, 0.2) is 0 Å². The maximum absolute atomic E-state index is 11.7. The van der Waals surface area contributed by atoms with Crippen LogP contribution in [0.15, 0.2) is 24.3 Å². The van der Waals surface area contributed by atoms with Crippen molar-refractivity contribution in [3.63, 3.8) is 0 Å². The largest absolute Gasteiger partial charge is 0.462 e. The van der Waals surface area contributed by atoms with Crippen molar-refractivity contribution in [1.82, 2.24) is 15.3 Å². The summed E-state index contributed by atoms with van der Waals surface area (Å²) >= 11 is 7.28. The minimum Gasteiger partial charge on any atom is -0.462 e. The number of ether oxygens (including phenoxy) is 1. The molecule has 1 amide bonds. The number of thiophene rings is 1. The van der Waals surface area contributed by atoms with E-state index in [1.165, 1.54) is 0 Å². The monoisotopic (exact) mass is 403 g/mol. The molecule has 7 nitrogen and oxygen atoms in total. The summed E-state index contributed by atoms with van der Waals surface area (Å²) in [7, 11) is 0. The fourth-order valence-corrected chi connectivity index (χ4v) is 4.30. The van der Waals surface area contributed by atoms with Gasteiger partial charge in [0.2, 0.25) is 0 Å². The molecule has 27 heavy (non-hydrogen) atoms. The highest BCUT2D eigenvalue weighted by atomic mass is 35.5. The van der Waals surface area contributed by atoms with E-state index in [1.807, 2.05) is 12.1 Å². The van der Waals surface area contributed by atoms with Crippen LogP contribution in [-0.4, -0.2) is 35.1 Å². The smallest absolute Gasteiger partial charge is 0.318 e. The number of nitrogen functional groups attached to an aromatic ring is 1. The Morgan fingerprint density at radius 1 is 1.41 bits per heavy atom. The Hall–Kier alpha value is -2.42. The summed E-state index contributed by atoms with van der Waals surface area (Å²) in [4.78, 5) is 21.5. The number of benzene rings is 1. The van der Waals surface area contributed by atoms with Crippen molar-refractivity contribution in [2.24, 2.45) is 5.73 Å². The van der Waals surface area contributed by atoms with E-state index in [-0.39, 0.29) is 22.6 Å². The normalized spacial score (nSPS) is 16.7. The summed E-state index contributed by atoms with van der Waals surface area (Å²) < 4.78 is 5.83. The van der Waals surface area contributed by atoms with Gasteiger partial charge in [0, 0.05) is 16.6 Å². The molecule has 3 aromatic rings. The first-order valence-electron chi connectivity index (χ1n) is 8.55. The van der Waals surface area contributed by atoms with Crippen LogP contribution in [0.4, 0.5) is 5.69 Å². The van der Waals surface area contributed by atoms with Crippen molar-refractivity contribution in [3.8, 4) is 17.3 Å². The molecule has 0 aliphatic carbocycles. The molecule has 1 unspecified atom stereocenters. The minimum absolute atomic E-state index is 0.239. The Balaban J connectivity index is 1.82. The third-order valence-corrected chi connectivity index (χ3v) is 5.81. The van der Waals surface area contributed by atoms with Gasteiger partial charge in [-0.1, -0.05) is 23.7 Å². The molecule has 1 fully saturated rings. The van der Waals surface area contributed by atoms with Crippen LogP contribution in [0, 0.1) is 0 Å². The lowest BCUT2D eigenvalue weighted by Crippen LogP contribution is -2.28. The molecule has 5 N–H and O–H groups in total. The first kappa shape index (κ1) is 18.0. The fraction of sp³-hybridized carbons (Fsp3) is 0.278. The van der Waals surface area contributed by atoms with Crippen LogP contribution in [0.2, 0.25) is 5.02 Å². The van der Waals surface area contributed by atoms with Gasteiger partial charge >= 0.3 is 6.01 Å². The molecule has 0 spiro atoms. The number of nitrogens with zero attached hydrogens (tertiary/aromatic N) is 2.